The lowest BCUT2D eigenvalue weighted by Crippen LogP contribution is -2.02. The smallest absolute Gasteiger partial charge is 0.229 e. The molecule has 0 unspecified atom stereocenters. The molecule has 0 atom stereocenters. The zero-order chi connectivity index (χ0) is 18.8. The first-order valence-electron chi connectivity index (χ1n) is 8.92. The Morgan fingerprint density at radius 3 is 2.44 bits per heavy atom. The van der Waals surface area contributed by atoms with Crippen molar-refractivity contribution in [3.05, 3.63) is 65.9 Å². The topological polar surface area (TPSA) is 62.7 Å². The largest absolute Gasteiger partial charge is 0.324 e. The van der Waals surface area contributed by atoms with Crippen LogP contribution in [0, 0.1) is 6.92 Å². The van der Waals surface area contributed by atoms with Crippen LogP contribution in [0.15, 0.2) is 54.7 Å². The third-order valence-corrected chi connectivity index (χ3v) is 5.28. The van der Waals surface area contributed by atoms with Gasteiger partial charge in [-0.2, -0.15) is 4.98 Å². The van der Waals surface area contributed by atoms with Gasteiger partial charge in [0.1, 0.15) is 5.82 Å². The fourth-order valence-electron chi connectivity index (χ4n) is 2.74. The summed E-state index contributed by atoms with van der Waals surface area (Å²) in [5.41, 5.74) is 4.23. The normalized spacial score (nSPS) is 11.1. The van der Waals surface area contributed by atoms with Crippen molar-refractivity contribution < 1.29 is 0 Å². The summed E-state index contributed by atoms with van der Waals surface area (Å²) in [4.78, 5) is 13.6. The summed E-state index contributed by atoms with van der Waals surface area (Å²) in [5.74, 6) is 1.83. The summed E-state index contributed by atoms with van der Waals surface area (Å²) < 4.78 is 1.15. The summed E-state index contributed by atoms with van der Waals surface area (Å²) in [6.07, 6.45) is 1.81. The van der Waals surface area contributed by atoms with Gasteiger partial charge in [-0.3, -0.25) is 0 Å². The maximum Gasteiger partial charge on any atom is 0.229 e. The number of benzene rings is 2. The fraction of sp³-hybridized carbons (Fsp3) is 0.190. The molecule has 0 aliphatic carbocycles. The molecule has 2 N–H and O–H groups in total. The third kappa shape index (κ3) is 3.90. The van der Waals surface area contributed by atoms with Gasteiger partial charge < -0.3 is 10.6 Å². The van der Waals surface area contributed by atoms with Crippen molar-refractivity contribution in [3.8, 4) is 0 Å². The Labute approximate surface area is 162 Å². The predicted octanol–water partition coefficient (Wildman–Crippen LogP) is 6.01. The minimum absolute atomic E-state index is 0.513. The molecule has 4 rings (SSSR count). The van der Waals surface area contributed by atoms with Gasteiger partial charge in [-0.25, -0.2) is 9.97 Å². The monoisotopic (exact) mass is 375 g/mol. The first kappa shape index (κ1) is 17.4. The Balaban J connectivity index is 1.55. The van der Waals surface area contributed by atoms with Gasteiger partial charge in [0.2, 0.25) is 5.95 Å². The molecule has 0 aliphatic heterocycles. The average molecular weight is 376 g/mol. The fourth-order valence-corrected chi connectivity index (χ4v) is 3.60. The van der Waals surface area contributed by atoms with Crippen molar-refractivity contribution in [1.29, 1.82) is 0 Å². The van der Waals surface area contributed by atoms with Crippen molar-refractivity contribution >= 4 is 44.1 Å². The number of hydrogen-bond acceptors (Lipinski definition) is 6. The molecule has 0 radical (unpaired) electrons. The van der Waals surface area contributed by atoms with Crippen molar-refractivity contribution in [1.82, 2.24) is 15.0 Å². The molecule has 0 saturated carbocycles. The Morgan fingerprint density at radius 1 is 0.926 bits per heavy atom. The Morgan fingerprint density at radius 2 is 1.70 bits per heavy atom. The minimum Gasteiger partial charge on any atom is -0.324 e. The van der Waals surface area contributed by atoms with Crippen molar-refractivity contribution in [3.63, 3.8) is 0 Å². The van der Waals surface area contributed by atoms with Crippen molar-refractivity contribution in [2.75, 3.05) is 10.6 Å². The van der Waals surface area contributed by atoms with Crippen LogP contribution in [0.4, 0.5) is 22.6 Å². The minimum atomic E-state index is 0.513. The lowest BCUT2D eigenvalue weighted by Gasteiger charge is -2.10. The standard InChI is InChI=1S/C21H21N5S/c1-13(2)15-8-10-16(11-9-15)23-20-22-12-14(3)19(25-20)26-21-24-17-6-4-5-7-18(17)27-21/h4-13H,1-3H3,(H2,22,23,24,25,26). The van der Waals surface area contributed by atoms with Gasteiger partial charge in [0.15, 0.2) is 5.13 Å². The quantitative estimate of drug-likeness (QED) is 0.447. The zero-order valence-electron chi connectivity index (χ0n) is 15.5. The van der Waals surface area contributed by atoms with E-state index in [-0.39, 0.29) is 0 Å². The highest BCUT2D eigenvalue weighted by Gasteiger charge is 2.09. The van der Waals surface area contributed by atoms with Crippen LogP contribution in [-0.4, -0.2) is 15.0 Å². The van der Waals surface area contributed by atoms with E-state index in [1.54, 1.807) is 11.3 Å². The maximum absolute atomic E-state index is 4.62. The molecular formula is C21H21N5S. The first-order valence-corrected chi connectivity index (χ1v) is 9.73. The van der Waals surface area contributed by atoms with Gasteiger partial charge in [0.05, 0.1) is 10.2 Å². The second-order valence-corrected chi connectivity index (χ2v) is 7.77. The van der Waals surface area contributed by atoms with Crippen LogP contribution < -0.4 is 10.6 Å². The molecule has 0 fully saturated rings. The van der Waals surface area contributed by atoms with E-state index in [0.717, 1.165) is 32.4 Å². The number of nitrogens with one attached hydrogen (secondary N) is 2. The van der Waals surface area contributed by atoms with Gasteiger partial charge in [0.25, 0.3) is 0 Å². The van der Waals surface area contributed by atoms with Crippen molar-refractivity contribution in [2.24, 2.45) is 0 Å². The molecule has 27 heavy (non-hydrogen) atoms. The summed E-state index contributed by atoms with van der Waals surface area (Å²) in [5, 5.41) is 7.42. The lowest BCUT2D eigenvalue weighted by molar-refractivity contribution is 0.867. The first-order chi connectivity index (χ1) is 13.1. The van der Waals surface area contributed by atoms with Crippen LogP contribution in [0.5, 0.6) is 0 Å². The van der Waals surface area contributed by atoms with Gasteiger partial charge in [-0.1, -0.05) is 49.4 Å². The van der Waals surface area contributed by atoms with E-state index in [9.17, 15) is 0 Å². The molecule has 0 aliphatic rings. The molecule has 4 aromatic rings. The highest BCUT2D eigenvalue weighted by atomic mass is 32.1. The molecule has 5 nitrogen and oxygen atoms in total. The molecule has 2 heterocycles. The van der Waals surface area contributed by atoms with E-state index in [2.05, 4.69) is 69.8 Å². The Kier molecular flexibility index (Phi) is 4.73. The number of para-hydroxylation sites is 1. The molecular weight excluding hydrogens is 354 g/mol. The second kappa shape index (κ2) is 7.32. The van der Waals surface area contributed by atoms with E-state index in [1.807, 2.05) is 31.3 Å². The third-order valence-electron chi connectivity index (χ3n) is 4.32. The van der Waals surface area contributed by atoms with Gasteiger partial charge in [0, 0.05) is 17.4 Å². The van der Waals surface area contributed by atoms with Crippen LogP contribution in [-0.2, 0) is 0 Å². The number of aryl methyl sites for hydroxylation is 1. The maximum atomic E-state index is 4.62. The van der Waals surface area contributed by atoms with Gasteiger partial charge in [-0.05, 0) is 42.7 Å². The number of rotatable bonds is 5. The van der Waals surface area contributed by atoms with E-state index < -0.39 is 0 Å². The molecule has 0 amide bonds. The van der Waals surface area contributed by atoms with Crippen LogP contribution in [0.2, 0.25) is 0 Å². The zero-order valence-corrected chi connectivity index (χ0v) is 16.3. The molecule has 136 valence electrons. The number of hydrogen-bond donors (Lipinski definition) is 2. The molecule has 6 heteroatoms. The molecule has 2 aromatic heterocycles. The van der Waals surface area contributed by atoms with Crippen LogP contribution in [0.3, 0.4) is 0 Å². The van der Waals surface area contributed by atoms with Gasteiger partial charge in [-0.15, -0.1) is 0 Å². The van der Waals surface area contributed by atoms with E-state index in [1.165, 1.54) is 5.56 Å². The van der Waals surface area contributed by atoms with E-state index in [0.29, 0.717) is 11.9 Å². The number of anilines is 4. The Hall–Kier alpha value is -2.99. The van der Waals surface area contributed by atoms with Crippen LogP contribution >= 0.6 is 11.3 Å². The number of nitrogens with zero attached hydrogens (tertiary/aromatic N) is 3. The highest BCUT2D eigenvalue weighted by Crippen LogP contribution is 2.29. The lowest BCUT2D eigenvalue weighted by atomic mass is 10.0. The van der Waals surface area contributed by atoms with Crippen LogP contribution in [0.1, 0.15) is 30.9 Å². The van der Waals surface area contributed by atoms with Gasteiger partial charge >= 0.3 is 0 Å². The number of fused-ring (bicyclic) bond motifs is 1. The second-order valence-electron chi connectivity index (χ2n) is 6.74. The molecule has 2 aromatic carbocycles. The molecule has 0 saturated heterocycles. The van der Waals surface area contributed by atoms with E-state index in [4.69, 9.17) is 0 Å². The predicted molar refractivity (Wildman–Crippen MR) is 113 cm³/mol. The molecule has 0 bridgehead atoms. The number of thiazole rings is 1. The molecule has 0 spiro atoms. The number of aromatic nitrogens is 3. The summed E-state index contributed by atoms with van der Waals surface area (Å²) in [6, 6.07) is 16.5. The Bertz CT molecular complexity index is 1040. The summed E-state index contributed by atoms with van der Waals surface area (Å²) >= 11 is 1.61. The summed E-state index contributed by atoms with van der Waals surface area (Å²) in [7, 11) is 0. The van der Waals surface area contributed by atoms with Crippen LogP contribution in [0.25, 0.3) is 10.2 Å². The van der Waals surface area contributed by atoms with Crippen molar-refractivity contribution in [2.45, 2.75) is 26.7 Å². The SMILES string of the molecule is Cc1cnc(Nc2ccc(C(C)C)cc2)nc1Nc1nc2ccccc2s1. The highest BCUT2D eigenvalue weighted by molar-refractivity contribution is 7.22. The average Bonchev–Trinajstić information content (AvgIpc) is 3.07. The van der Waals surface area contributed by atoms with E-state index >= 15 is 0 Å². The summed E-state index contributed by atoms with van der Waals surface area (Å²) in [6.45, 7) is 6.36.